The third kappa shape index (κ3) is 4.22. The summed E-state index contributed by atoms with van der Waals surface area (Å²) in [5, 5.41) is 3.08. The number of Topliss-reactive ketones (excluding diaryl/α,β-unsaturated/α-hetero) is 1. The van der Waals surface area contributed by atoms with Gasteiger partial charge in [0.25, 0.3) is 0 Å². The number of ketones is 1. The van der Waals surface area contributed by atoms with Gasteiger partial charge in [-0.05, 0) is 42.8 Å². The molecule has 3 aromatic rings. The molecule has 0 aliphatic carbocycles. The first-order valence-electron chi connectivity index (χ1n) is 7.84. The van der Waals surface area contributed by atoms with Gasteiger partial charge in [0.2, 0.25) is 0 Å². The Labute approximate surface area is 149 Å². The zero-order valence-electron chi connectivity index (χ0n) is 13.8. The number of carbonyl (C=O) groups excluding carboxylic acids is 1. The Balaban J connectivity index is 1.72. The van der Waals surface area contributed by atoms with Crippen molar-refractivity contribution in [3.05, 3.63) is 75.4 Å². The maximum atomic E-state index is 14.1. The summed E-state index contributed by atoms with van der Waals surface area (Å²) in [4.78, 5) is 18.1. The maximum absolute atomic E-state index is 14.1. The highest BCUT2D eigenvalue weighted by molar-refractivity contribution is 7.14. The second kappa shape index (κ2) is 7.44. The number of nitrogens with two attached hydrogens (primary N) is 1. The van der Waals surface area contributed by atoms with Gasteiger partial charge in [-0.25, -0.2) is 9.37 Å². The first kappa shape index (κ1) is 17.1. The molecule has 0 unspecified atom stereocenters. The Morgan fingerprint density at radius 3 is 2.84 bits per heavy atom. The van der Waals surface area contributed by atoms with E-state index in [1.807, 2.05) is 19.1 Å². The lowest BCUT2D eigenvalue weighted by atomic mass is 10.0. The fourth-order valence-electron chi connectivity index (χ4n) is 2.49. The van der Waals surface area contributed by atoms with Gasteiger partial charge >= 0.3 is 0 Å². The minimum atomic E-state index is -0.321. The van der Waals surface area contributed by atoms with Crippen molar-refractivity contribution in [1.82, 2.24) is 4.98 Å². The zero-order valence-corrected chi connectivity index (χ0v) is 14.6. The molecule has 0 saturated carbocycles. The molecule has 0 fully saturated rings. The quantitative estimate of drug-likeness (QED) is 0.650. The van der Waals surface area contributed by atoms with Crippen molar-refractivity contribution in [2.45, 2.75) is 19.9 Å². The van der Waals surface area contributed by atoms with Crippen molar-refractivity contribution in [1.29, 1.82) is 0 Å². The van der Waals surface area contributed by atoms with Crippen LogP contribution in [-0.2, 0) is 13.0 Å². The molecular formula is C19H18FN3OS. The van der Waals surface area contributed by atoms with E-state index in [2.05, 4.69) is 10.3 Å². The number of hydrogen-bond acceptors (Lipinski definition) is 5. The highest BCUT2D eigenvalue weighted by Gasteiger charge is 2.11. The molecule has 0 saturated heterocycles. The van der Waals surface area contributed by atoms with Crippen LogP contribution >= 0.6 is 11.3 Å². The van der Waals surface area contributed by atoms with E-state index in [0.717, 1.165) is 15.3 Å². The summed E-state index contributed by atoms with van der Waals surface area (Å²) in [6.45, 7) is 2.23. The number of anilines is 2. The van der Waals surface area contributed by atoms with E-state index >= 15 is 0 Å². The van der Waals surface area contributed by atoms with Crippen molar-refractivity contribution in [3.8, 4) is 0 Å². The summed E-state index contributed by atoms with van der Waals surface area (Å²) in [5.74, 6) is 0.0838. The molecule has 0 bridgehead atoms. The highest BCUT2D eigenvalue weighted by atomic mass is 32.1. The molecule has 25 heavy (non-hydrogen) atoms. The van der Waals surface area contributed by atoms with E-state index in [4.69, 9.17) is 5.73 Å². The molecule has 0 aliphatic rings. The van der Waals surface area contributed by atoms with Gasteiger partial charge in [-0.2, -0.15) is 0 Å². The first-order valence-corrected chi connectivity index (χ1v) is 8.66. The summed E-state index contributed by atoms with van der Waals surface area (Å²) >= 11 is 1.47. The molecule has 4 nitrogen and oxygen atoms in total. The minimum absolute atomic E-state index is 0.0418. The number of hydrogen-bond donors (Lipinski definition) is 2. The summed E-state index contributed by atoms with van der Waals surface area (Å²) in [7, 11) is 0. The van der Waals surface area contributed by atoms with Crippen LogP contribution in [0.2, 0.25) is 0 Å². The molecule has 0 aliphatic heterocycles. The molecule has 2 heterocycles. The topological polar surface area (TPSA) is 68.0 Å². The van der Waals surface area contributed by atoms with Gasteiger partial charge in [-0.3, -0.25) is 4.79 Å². The van der Waals surface area contributed by atoms with E-state index in [1.54, 1.807) is 30.5 Å². The lowest BCUT2D eigenvalue weighted by molar-refractivity contribution is 0.0997. The van der Waals surface area contributed by atoms with Gasteiger partial charge in [-0.1, -0.05) is 12.1 Å². The van der Waals surface area contributed by atoms with Crippen molar-refractivity contribution < 1.29 is 9.18 Å². The second-order valence-corrected chi connectivity index (χ2v) is 7.01. The summed E-state index contributed by atoms with van der Waals surface area (Å²) in [6.07, 6.45) is 1.85. The number of aromatic nitrogens is 1. The minimum Gasteiger partial charge on any atom is -0.382 e. The Morgan fingerprint density at radius 1 is 1.28 bits per heavy atom. The summed E-state index contributed by atoms with van der Waals surface area (Å²) in [6, 6.07) is 12.1. The number of benzene rings is 1. The molecule has 0 amide bonds. The number of aryl methyl sites for hydroxylation is 1. The third-order valence-electron chi connectivity index (χ3n) is 3.80. The number of rotatable bonds is 6. The molecule has 2 aromatic heterocycles. The van der Waals surface area contributed by atoms with Crippen molar-refractivity contribution >= 4 is 28.6 Å². The van der Waals surface area contributed by atoms with E-state index < -0.39 is 0 Å². The number of pyridine rings is 1. The number of thiophene rings is 1. The highest BCUT2D eigenvalue weighted by Crippen LogP contribution is 2.20. The average molecular weight is 355 g/mol. The Hall–Kier alpha value is -2.73. The molecule has 128 valence electrons. The standard InChI is InChI=1S/C19H18FN3OS/c1-12-4-7-18(25-12)17(24)10-13-5-6-15(20)14(9-13)11-23-16-3-2-8-22-19(16)21/h2-9,23H,10-11H2,1H3,(H2,21,22). The Kier molecular flexibility index (Phi) is 5.09. The number of nitrogens with zero attached hydrogens (tertiary/aromatic N) is 1. The molecular weight excluding hydrogens is 337 g/mol. The Morgan fingerprint density at radius 2 is 2.12 bits per heavy atom. The lowest BCUT2D eigenvalue weighted by Gasteiger charge is -2.10. The summed E-state index contributed by atoms with van der Waals surface area (Å²) < 4.78 is 14.1. The molecule has 0 radical (unpaired) electrons. The van der Waals surface area contributed by atoms with Crippen LogP contribution in [0.15, 0.2) is 48.7 Å². The van der Waals surface area contributed by atoms with Crippen LogP contribution in [0.5, 0.6) is 0 Å². The van der Waals surface area contributed by atoms with Gasteiger partial charge in [0, 0.05) is 29.6 Å². The fraction of sp³-hybridized carbons (Fsp3) is 0.158. The van der Waals surface area contributed by atoms with Crippen LogP contribution in [0, 0.1) is 12.7 Å². The third-order valence-corrected chi connectivity index (χ3v) is 4.84. The largest absolute Gasteiger partial charge is 0.382 e. The summed E-state index contributed by atoms with van der Waals surface area (Å²) in [5.41, 5.74) is 7.69. The number of nitrogen functional groups attached to an aromatic ring is 1. The molecule has 6 heteroatoms. The van der Waals surface area contributed by atoms with Crippen LogP contribution in [0.1, 0.15) is 25.7 Å². The zero-order chi connectivity index (χ0) is 17.8. The number of nitrogens with one attached hydrogen (secondary N) is 1. The smallest absolute Gasteiger partial charge is 0.177 e. The van der Waals surface area contributed by atoms with E-state index in [1.165, 1.54) is 17.4 Å². The van der Waals surface area contributed by atoms with Crippen molar-refractivity contribution in [2.75, 3.05) is 11.1 Å². The van der Waals surface area contributed by atoms with Crippen LogP contribution in [-0.4, -0.2) is 10.8 Å². The van der Waals surface area contributed by atoms with Crippen LogP contribution in [0.4, 0.5) is 15.9 Å². The fourth-order valence-corrected chi connectivity index (χ4v) is 3.29. The van der Waals surface area contributed by atoms with E-state index in [-0.39, 0.29) is 24.6 Å². The average Bonchev–Trinajstić information content (AvgIpc) is 3.03. The van der Waals surface area contributed by atoms with Crippen LogP contribution < -0.4 is 11.1 Å². The number of halogens is 1. The van der Waals surface area contributed by atoms with Crippen molar-refractivity contribution in [2.24, 2.45) is 0 Å². The van der Waals surface area contributed by atoms with E-state index in [0.29, 0.717) is 17.1 Å². The Bertz CT molecular complexity index is 907. The molecule has 1 aromatic carbocycles. The molecule has 0 atom stereocenters. The maximum Gasteiger partial charge on any atom is 0.177 e. The van der Waals surface area contributed by atoms with Gasteiger partial charge in [-0.15, -0.1) is 11.3 Å². The van der Waals surface area contributed by atoms with Crippen molar-refractivity contribution in [3.63, 3.8) is 0 Å². The van der Waals surface area contributed by atoms with Gasteiger partial charge < -0.3 is 11.1 Å². The van der Waals surface area contributed by atoms with E-state index in [9.17, 15) is 9.18 Å². The SMILES string of the molecule is Cc1ccc(C(=O)Cc2ccc(F)c(CNc3cccnc3N)c2)s1. The van der Waals surface area contributed by atoms with Gasteiger partial charge in [0.05, 0.1) is 10.6 Å². The van der Waals surface area contributed by atoms with Gasteiger partial charge in [0.1, 0.15) is 11.6 Å². The van der Waals surface area contributed by atoms with Crippen LogP contribution in [0.25, 0.3) is 0 Å². The normalized spacial score (nSPS) is 10.6. The van der Waals surface area contributed by atoms with Crippen LogP contribution in [0.3, 0.4) is 0 Å². The second-order valence-electron chi connectivity index (χ2n) is 5.73. The predicted octanol–water partition coefficient (Wildman–Crippen LogP) is 4.21. The first-order chi connectivity index (χ1) is 12.0. The molecule has 3 N–H and O–H groups in total. The molecule has 3 rings (SSSR count). The number of carbonyl (C=O) groups is 1. The molecule has 0 spiro atoms. The lowest BCUT2D eigenvalue weighted by Crippen LogP contribution is -2.07. The monoisotopic (exact) mass is 355 g/mol. The van der Waals surface area contributed by atoms with Gasteiger partial charge in [0.15, 0.2) is 5.78 Å². The predicted molar refractivity (Wildman–Crippen MR) is 99.5 cm³/mol.